The minimum atomic E-state index is -3.86. The first-order chi connectivity index (χ1) is 15.0. The molecule has 0 aliphatic rings. The number of rotatable bonds is 9. The molecule has 2 N–H and O–H groups in total. The molecule has 1 unspecified atom stereocenters. The van der Waals surface area contributed by atoms with Gasteiger partial charge in [-0.1, -0.05) is 31.5 Å². The summed E-state index contributed by atoms with van der Waals surface area (Å²) < 4.78 is 33.1. The highest BCUT2D eigenvalue weighted by molar-refractivity contribution is 7.89. The Labute approximate surface area is 190 Å². The SMILES string of the molecule is CCOC(=O)N(C)c1ccc(NC(=O)C(CC(C)C)NS(=O)(=O)c2ccc(C)cc2)cc1. The van der Waals surface area contributed by atoms with Gasteiger partial charge in [-0.25, -0.2) is 13.2 Å². The van der Waals surface area contributed by atoms with Crippen molar-refractivity contribution in [3.05, 3.63) is 54.1 Å². The Morgan fingerprint density at radius 2 is 1.62 bits per heavy atom. The Kier molecular flexibility index (Phi) is 8.80. The van der Waals surface area contributed by atoms with E-state index in [4.69, 9.17) is 4.74 Å². The van der Waals surface area contributed by atoms with Crippen molar-refractivity contribution in [1.82, 2.24) is 4.72 Å². The van der Waals surface area contributed by atoms with Gasteiger partial charge in [0.15, 0.2) is 0 Å². The third-order valence-corrected chi connectivity index (χ3v) is 6.20. The summed E-state index contributed by atoms with van der Waals surface area (Å²) in [6.45, 7) is 7.70. The van der Waals surface area contributed by atoms with Crippen molar-refractivity contribution in [2.75, 3.05) is 23.9 Å². The molecule has 2 amide bonds. The average molecular weight is 462 g/mol. The summed E-state index contributed by atoms with van der Waals surface area (Å²) in [4.78, 5) is 26.2. The number of anilines is 2. The molecule has 9 heteroatoms. The van der Waals surface area contributed by atoms with Crippen molar-refractivity contribution in [2.45, 2.75) is 45.1 Å². The number of aryl methyl sites for hydroxylation is 1. The zero-order valence-electron chi connectivity index (χ0n) is 19.1. The van der Waals surface area contributed by atoms with Crippen LogP contribution in [-0.2, 0) is 19.6 Å². The molecule has 8 nitrogen and oxygen atoms in total. The van der Waals surface area contributed by atoms with Gasteiger partial charge in [-0.15, -0.1) is 0 Å². The number of carbonyl (C=O) groups excluding carboxylic acids is 2. The summed E-state index contributed by atoms with van der Waals surface area (Å²) in [7, 11) is -2.27. The molecule has 32 heavy (non-hydrogen) atoms. The highest BCUT2D eigenvalue weighted by Crippen LogP contribution is 2.19. The van der Waals surface area contributed by atoms with Gasteiger partial charge in [-0.05, 0) is 62.6 Å². The molecule has 0 radical (unpaired) electrons. The number of carbonyl (C=O) groups is 2. The molecule has 0 saturated carbocycles. The molecule has 0 heterocycles. The van der Waals surface area contributed by atoms with E-state index in [0.717, 1.165) is 5.56 Å². The molecule has 2 aromatic rings. The standard InChI is InChI=1S/C23H31N3O5S/c1-6-31-23(28)26(5)19-11-9-18(10-12-19)24-22(27)21(15-16(2)3)25-32(29,30)20-13-7-17(4)8-14-20/h7-14,16,21,25H,6,15H2,1-5H3,(H,24,27). The number of amides is 2. The summed E-state index contributed by atoms with van der Waals surface area (Å²) >= 11 is 0. The van der Waals surface area contributed by atoms with Crippen molar-refractivity contribution in [3.8, 4) is 0 Å². The molecule has 0 aliphatic carbocycles. The van der Waals surface area contributed by atoms with E-state index in [-0.39, 0.29) is 17.4 Å². The van der Waals surface area contributed by atoms with Crippen molar-refractivity contribution in [3.63, 3.8) is 0 Å². The lowest BCUT2D eigenvalue weighted by molar-refractivity contribution is -0.118. The highest BCUT2D eigenvalue weighted by atomic mass is 32.2. The number of nitrogens with zero attached hydrogens (tertiary/aromatic N) is 1. The second-order valence-corrected chi connectivity index (χ2v) is 9.62. The first-order valence-corrected chi connectivity index (χ1v) is 11.9. The highest BCUT2D eigenvalue weighted by Gasteiger charge is 2.26. The average Bonchev–Trinajstić information content (AvgIpc) is 2.73. The molecule has 0 bridgehead atoms. The number of sulfonamides is 1. The lowest BCUT2D eigenvalue weighted by Crippen LogP contribution is -2.44. The molecule has 0 aromatic heterocycles. The molecule has 0 fully saturated rings. The third-order valence-electron chi connectivity index (χ3n) is 4.72. The predicted molar refractivity (Wildman–Crippen MR) is 125 cm³/mol. The lowest BCUT2D eigenvalue weighted by Gasteiger charge is -2.21. The van der Waals surface area contributed by atoms with Crippen LogP contribution in [0.3, 0.4) is 0 Å². The molecule has 1 atom stereocenters. The van der Waals surface area contributed by atoms with Crippen LogP contribution in [0.5, 0.6) is 0 Å². The Bertz CT molecular complexity index is 1020. The van der Waals surface area contributed by atoms with Gasteiger partial charge >= 0.3 is 6.09 Å². The Hall–Kier alpha value is -2.91. The van der Waals surface area contributed by atoms with Gasteiger partial charge < -0.3 is 10.1 Å². The van der Waals surface area contributed by atoms with Crippen LogP contribution < -0.4 is 14.9 Å². The van der Waals surface area contributed by atoms with E-state index in [1.54, 1.807) is 50.4 Å². The smallest absolute Gasteiger partial charge is 0.413 e. The number of ether oxygens (including phenoxy) is 1. The first-order valence-electron chi connectivity index (χ1n) is 10.4. The summed E-state index contributed by atoms with van der Waals surface area (Å²) in [6.07, 6.45) is -0.146. The van der Waals surface area contributed by atoms with E-state index in [1.165, 1.54) is 17.0 Å². The van der Waals surface area contributed by atoms with E-state index in [9.17, 15) is 18.0 Å². The zero-order valence-corrected chi connectivity index (χ0v) is 19.9. The monoisotopic (exact) mass is 461 g/mol. The maximum atomic E-state index is 12.9. The van der Waals surface area contributed by atoms with Gasteiger partial charge in [-0.3, -0.25) is 9.69 Å². The van der Waals surface area contributed by atoms with E-state index >= 15 is 0 Å². The lowest BCUT2D eigenvalue weighted by atomic mass is 10.0. The van der Waals surface area contributed by atoms with Crippen molar-refractivity contribution >= 4 is 33.4 Å². The molecule has 0 aliphatic heterocycles. The summed E-state index contributed by atoms with van der Waals surface area (Å²) in [6, 6.07) is 12.1. The van der Waals surface area contributed by atoms with Gasteiger partial charge in [0.2, 0.25) is 15.9 Å². The number of hydrogen-bond donors (Lipinski definition) is 2. The van der Waals surface area contributed by atoms with Crippen molar-refractivity contribution in [1.29, 1.82) is 0 Å². The molecule has 174 valence electrons. The largest absolute Gasteiger partial charge is 0.449 e. The normalized spacial score (nSPS) is 12.3. The van der Waals surface area contributed by atoms with Crippen LogP contribution in [0, 0.1) is 12.8 Å². The van der Waals surface area contributed by atoms with Gasteiger partial charge in [-0.2, -0.15) is 4.72 Å². The zero-order chi connectivity index (χ0) is 23.9. The Morgan fingerprint density at radius 3 is 2.16 bits per heavy atom. The topological polar surface area (TPSA) is 105 Å². The third kappa shape index (κ3) is 7.06. The fraction of sp³-hybridized carbons (Fsp3) is 0.391. The molecule has 0 spiro atoms. The van der Waals surface area contributed by atoms with Crippen LogP contribution in [0.25, 0.3) is 0 Å². The summed E-state index contributed by atoms with van der Waals surface area (Å²) in [5.41, 5.74) is 2.03. The fourth-order valence-corrected chi connectivity index (χ4v) is 4.18. The van der Waals surface area contributed by atoms with Crippen LogP contribution in [-0.4, -0.2) is 40.1 Å². The fourth-order valence-electron chi connectivity index (χ4n) is 2.98. The van der Waals surface area contributed by atoms with Crippen LogP contribution >= 0.6 is 0 Å². The van der Waals surface area contributed by atoms with Crippen LogP contribution in [0.4, 0.5) is 16.2 Å². The maximum absolute atomic E-state index is 12.9. The van der Waals surface area contributed by atoms with Gasteiger partial charge in [0.1, 0.15) is 6.04 Å². The molecule has 2 aromatic carbocycles. The minimum absolute atomic E-state index is 0.0899. The van der Waals surface area contributed by atoms with Crippen molar-refractivity contribution < 1.29 is 22.7 Å². The maximum Gasteiger partial charge on any atom is 0.413 e. The predicted octanol–water partition coefficient (Wildman–Crippen LogP) is 3.92. The molecule has 0 saturated heterocycles. The van der Waals surface area contributed by atoms with Crippen molar-refractivity contribution in [2.24, 2.45) is 5.92 Å². The number of hydrogen-bond acceptors (Lipinski definition) is 5. The second-order valence-electron chi connectivity index (χ2n) is 7.91. The van der Waals surface area contributed by atoms with Gasteiger partial charge in [0, 0.05) is 18.4 Å². The number of nitrogens with one attached hydrogen (secondary N) is 2. The number of benzene rings is 2. The molecular weight excluding hydrogens is 430 g/mol. The van der Waals surface area contributed by atoms with Gasteiger partial charge in [0.25, 0.3) is 0 Å². The Balaban J connectivity index is 2.14. The van der Waals surface area contributed by atoms with Gasteiger partial charge in [0.05, 0.1) is 11.5 Å². The van der Waals surface area contributed by atoms with Crippen LogP contribution in [0.2, 0.25) is 0 Å². The van der Waals surface area contributed by atoms with E-state index in [2.05, 4.69) is 10.0 Å². The van der Waals surface area contributed by atoms with E-state index in [1.807, 2.05) is 20.8 Å². The Morgan fingerprint density at radius 1 is 1.03 bits per heavy atom. The molecular formula is C23H31N3O5S. The summed E-state index contributed by atoms with van der Waals surface area (Å²) in [5.74, 6) is -0.368. The van der Waals surface area contributed by atoms with E-state index < -0.39 is 28.1 Å². The van der Waals surface area contributed by atoms with Crippen LogP contribution in [0.1, 0.15) is 32.8 Å². The second kappa shape index (κ2) is 11.1. The first kappa shape index (κ1) is 25.4. The van der Waals surface area contributed by atoms with E-state index in [0.29, 0.717) is 17.8 Å². The minimum Gasteiger partial charge on any atom is -0.449 e. The summed E-state index contributed by atoms with van der Waals surface area (Å²) in [5, 5.41) is 2.75. The van der Waals surface area contributed by atoms with Crippen LogP contribution in [0.15, 0.2) is 53.4 Å². The quantitative estimate of drug-likeness (QED) is 0.589. The molecule has 2 rings (SSSR count).